The summed E-state index contributed by atoms with van der Waals surface area (Å²) in [5.41, 5.74) is 7.46. The van der Waals surface area contributed by atoms with Crippen LogP contribution >= 0.6 is 0 Å². The molecule has 0 radical (unpaired) electrons. The van der Waals surface area contributed by atoms with Crippen molar-refractivity contribution in [3.63, 3.8) is 0 Å². The van der Waals surface area contributed by atoms with E-state index in [-0.39, 0.29) is 23.8 Å². The van der Waals surface area contributed by atoms with Gasteiger partial charge in [0.15, 0.2) is 0 Å². The Bertz CT molecular complexity index is 1060. The monoisotopic (exact) mass is 405 g/mol. The summed E-state index contributed by atoms with van der Waals surface area (Å²) in [5, 5.41) is 5.80. The maximum Gasteiger partial charge on any atom is 0.248 e. The number of hydrazine groups is 1. The fourth-order valence-electron chi connectivity index (χ4n) is 3.86. The van der Waals surface area contributed by atoms with Crippen LogP contribution in [0.15, 0.2) is 66.3 Å². The lowest BCUT2D eigenvalue weighted by molar-refractivity contribution is -0.126. The van der Waals surface area contributed by atoms with Gasteiger partial charge >= 0.3 is 0 Å². The summed E-state index contributed by atoms with van der Waals surface area (Å²) in [4.78, 5) is 29.4. The van der Waals surface area contributed by atoms with Gasteiger partial charge in [0, 0.05) is 55.9 Å². The molecule has 0 saturated carbocycles. The van der Waals surface area contributed by atoms with Gasteiger partial charge in [-0.15, -0.1) is 0 Å². The number of nitrogens with one attached hydrogen (secondary N) is 3. The minimum absolute atomic E-state index is 0.0403. The highest BCUT2D eigenvalue weighted by atomic mass is 16.2. The molecule has 2 atom stereocenters. The van der Waals surface area contributed by atoms with Crippen LogP contribution in [0.2, 0.25) is 0 Å². The first-order valence-electron chi connectivity index (χ1n) is 10.2. The molecule has 7 nitrogen and oxygen atoms in total. The third kappa shape index (κ3) is 4.02. The molecule has 0 bridgehead atoms. The molecule has 1 aromatic carbocycles. The molecule has 156 valence electrons. The number of carbonyl (C=O) groups is 2. The molecular formula is C23H27N5O2. The summed E-state index contributed by atoms with van der Waals surface area (Å²) in [6, 6.07) is 8.16. The molecule has 0 spiro atoms. The number of allylic oxidation sites excluding steroid dienone is 1. The van der Waals surface area contributed by atoms with Crippen molar-refractivity contribution in [3.8, 4) is 0 Å². The number of rotatable bonds is 4. The van der Waals surface area contributed by atoms with E-state index in [2.05, 4.69) is 28.7 Å². The van der Waals surface area contributed by atoms with Crippen molar-refractivity contribution in [2.75, 3.05) is 13.6 Å². The average Bonchev–Trinajstić information content (AvgIpc) is 3.10. The molecule has 2 aromatic rings. The van der Waals surface area contributed by atoms with E-state index in [9.17, 15) is 9.59 Å². The van der Waals surface area contributed by atoms with Crippen molar-refractivity contribution in [1.82, 2.24) is 25.6 Å². The first kappa shape index (κ1) is 20.0. The summed E-state index contributed by atoms with van der Waals surface area (Å²) in [5.74, 6) is 0.148. The molecule has 7 heteroatoms. The Morgan fingerprint density at radius 1 is 1.33 bits per heavy atom. The van der Waals surface area contributed by atoms with Crippen LogP contribution in [0.25, 0.3) is 10.9 Å². The smallest absolute Gasteiger partial charge is 0.248 e. The number of H-pyrrole nitrogens is 1. The van der Waals surface area contributed by atoms with Crippen molar-refractivity contribution in [2.45, 2.75) is 26.3 Å². The molecule has 1 aromatic heterocycles. The molecule has 2 aliphatic heterocycles. The van der Waals surface area contributed by atoms with Crippen molar-refractivity contribution >= 4 is 22.7 Å². The Kier molecular flexibility index (Phi) is 5.46. The second-order valence-electron chi connectivity index (χ2n) is 7.92. The second kappa shape index (κ2) is 8.20. The molecule has 2 amide bonds. The first-order chi connectivity index (χ1) is 14.4. The van der Waals surface area contributed by atoms with Crippen molar-refractivity contribution < 1.29 is 9.59 Å². The van der Waals surface area contributed by atoms with Gasteiger partial charge < -0.3 is 15.2 Å². The summed E-state index contributed by atoms with van der Waals surface area (Å²) in [7, 11) is 1.81. The number of hydrogen-bond acceptors (Lipinski definition) is 4. The van der Waals surface area contributed by atoms with Crippen molar-refractivity contribution in [1.29, 1.82) is 0 Å². The second-order valence-corrected chi connectivity index (χ2v) is 7.92. The predicted molar refractivity (Wildman–Crippen MR) is 117 cm³/mol. The standard InChI is InChI=1S/C23H27N5O2/c1-15-12-22(29)26-21-7-10-28(25-14-19(15)21)11-8-23(30)27(3)16(2)17-4-5-20-18(13-17)6-9-24-20/h4-11,13,15-16,24-25H,12,14H2,1-3H3,(H,26,29)/b11-8+. The van der Waals surface area contributed by atoms with E-state index >= 15 is 0 Å². The molecule has 0 fully saturated rings. The van der Waals surface area contributed by atoms with Crippen LogP contribution in [0.1, 0.15) is 31.9 Å². The zero-order valence-corrected chi connectivity index (χ0v) is 17.5. The normalized spacial score (nSPS) is 20.3. The highest BCUT2D eigenvalue weighted by Gasteiger charge is 2.24. The van der Waals surface area contributed by atoms with Gasteiger partial charge in [-0.25, -0.2) is 5.43 Å². The lowest BCUT2D eigenvalue weighted by Crippen LogP contribution is -2.36. The number of benzene rings is 1. The number of nitrogens with zero attached hydrogens (tertiary/aromatic N) is 2. The van der Waals surface area contributed by atoms with Gasteiger partial charge in [0.1, 0.15) is 0 Å². The van der Waals surface area contributed by atoms with E-state index in [1.165, 1.54) is 5.57 Å². The van der Waals surface area contributed by atoms with E-state index < -0.39 is 0 Å². The maximum atomic E-state index is 12.7. The average molecular weight is 406 g/mol. The Morgan fingerprint density at radius 3 is 3.00 bits per heavy atom. The van der Waals surface area contributed by atoms with Gasteiger partial charge in [-0.3, -0.25) is 14.6 Å². The van der Waals surface area contributed by atoms with E-state index in [0.717, 1.165) is 22.2 Å². The summed E-state index contributed by atoms with van der Waals surface area (Å²) >= 11 is 0. The van der Waals surface area contributed by atoms with Gasteiger partial charge in [0.25, 0.3) is 0 Å². The number of hydrogen-bond donors (Lipinski definition) is 3. The highest BCUT2D eigenvalue weighted by molar-refractivity contribution is 5.88. The van der Waals surface area contributed by atoms with Crippen LogP contribution < -0.4 is 10.7 Å². The minimum atomic E-state index is -0.0875. The fraction of sp³-hybridized carbons (Fsp3) is 0.304. The zero-order chi connectivity index (χ0) is 21.3. The molecule has 30 heavy (non-hydrogen) atoms. The Morgan fingerprint density at radius 2 is 2.17 bits per heavy atom. The number of carbonyl (C=O) groups excluding carboxylic acids is 2. The van der Waals surface area contributed by atoms with Gasteiger partial charge in [0.05, 0.1) is 6.04 Å². The molecule has 4 rings (SSSR count). The zero-order valence-electron chi connectivity index (χ0n) is 17.5. The largest absolute Gasteiger partial charge is 0.361 e. The van der Waals surface area contributed by atoms with Crippen LogP contribution in [0, 0.1) is 5.92 Å². The number of aromatic amines is 1. The molecular weight excluding hydrogens is 378 g/mol. The first-order valence-corrected chi connectivity index (χ1v) is 10.2. The molecule has 3 N–H and O–H groups in total. The van der Waals surface area contributed by atoms with Crippen LogP contribution in [-0.4, -0.2) is 40.3 Å². The van der Waals surface area contributed by atoms with Crippen molar-refractivity contribution in [3.05, 3.63) is 71.8 Å². The van der Waals surface area contributed by atoms with Gasteiger partial charge in [-0.05, 0) is 53.6 Å². The number of aromatic nitrogens is 1. The molecule has 3 heterocycles. The van der Waals surface area contributed by atoms with Crippen LogP contribution in [0.3, 0.4) is 0 Å². The quantitative estimate of drug-likeness (QED) is 0.684. The predicted octanol–water partition coefficient (Wildman–Crippen LogP) is 2.95. The third-order valence-corrected chi connectivity index (χ3v) is 5.93. The number of likely N-dealkylation sites (N-methyl/N-ethyl adjacent to an activating group) is 1. The summed E-state index contributed by atoms with van der Waals surface area (Å²) in [6.07, 6.45) is 9.36. The minimum Gasteiger partial charge on any atom is -0.361 e. The van der Waals surface area contributed by atoms with Gasteiger partial charge in [-0.2, -0.15) is 0 Å². The fourth-order valence-corrected chi connectivity index (χ4v) is 3.86. The number of fused-ring (bicyclic) bond motifs is 1. The summed E-state index contributed by atoms with van der Waals surface area (Å²) < 4.78 is 0. The third-order valence-electron chi connectivity index (χ3n) is 5.93. The lowest BCUT2D eigenvalue weighted by Gasteiger charge is -2.25. The molecule has 0 aliphatic carbocycles. The van der Waals surface area contributed by atoms with E-state index in [4.69, 9.17) is 0 Å². The van der Waals surface area contributed by atoms with Crippen LogP contribution in [-0.2, 0) is 9.59 Å². The maximum absolute atomic E-state index is 12.7. The van der Waals surface area contributed by atoms with Gasteiger partial charge in [0.2, 0.25) is 11.8 Å². The van der Waals surface area contributed by atoms with E-state index in [0.29, 0.717) is 13.0 Å². The lowest BCUT2D eigenvalue weighted by atomic mass is 9.92. The van der Waals surface area contributed by atoms with Crippen LogP contribution in [0.5, 0.6) is 0 Å². The Hall–Kier alpha value is -3.32. The van der Waals surface area contributed by atoms with E-state index in [1.807, 2.05) is 50.6 Å². The molecule has 2 aliphatic rings. The van der Waals surface area contributed by atoms with E-state index in [1.54, 1.807) is 22.2 Å². The molecule has 2 unspecified atom stereocenters. The van der Waals surface area contributed by atoms with Crippen molar-refractivity contribution in [2.24, 2.45) is 5.92 Å². The molecule has 0 saturated heterocycles. The SMILES string of the molecule is CC1CC(=O)NC2=C1CNN(/C=C/C(=O)N(C)C(C)c1ccc3[nH]ccc3c1)C=C2. The van der Waals surface area contributed by atoms with Gasteiger partial charge in [-0.1, -0.05) is 13.0 Å². The number of amides is 2. The topological polar surface area (TPSA) is 80.5 Å². The van der Waals surface area contributed by atoms with Crippen LogP contribution in [0.4, 0.5) is 0 Å². The Balaban J connectivity index is 1.40. The Labute approximate surface area is 176 Å². The summed E-state index contributed by atoms with van der Waals surface area (Å²) in [6.45, 7) is 4.69. The highest BCUT2D eigenvalue weighted by Crippen LogP contribution is 2.25.